The predicted molar refractivity (Wildman–Crippen MR) is 102 cm³/mol. The normalized spacial score (nSPS) is 19.3. The maximum atomic E-state index is 12.9. The van der Waals surface area contributed by atoms with Crippen molar-refractivity contribution in [2.24, 2.45) is 0 Å². The van der Waals surface area contributed by atoms with Gasteiger partial charge in [-0.05, 0) is 36.8 Å². The molecule has 0 bridgehead atoms. The SMILES string of the molecule is COC(=O)/C=C(\C)NC1C(=O)N(c2ccc(OC)cc2)C1c1ccccc1. The van der Waals surface area contributed by atoms with E-state index < -0.39 is 12.0 Å². The van der Waals surface area contributed by atoms with Crippen LogP contribution in [0.15, 0.2) is 66.4 Å². The summed E-state index contributed by atoms with van der Waals surface area (Å²) < 4.78 is 9.84. The van der Waals surface area contributed by atoms with Gasteiger partial charge in [0.2, 0.25) is 0 Å². The van der Waals surface area contributed by atoms with Crippen molar-refractivity contribution in [3.8, 4) is 5.75 Å². The Labute approximate surface area is 158 Å². The molecular formula is C21H22N2O4. The van der Waals surface area contributed by atoms with E-state index in [1.54, 1.807) is 18.9 Å². The minimum absolute atomic E-state index is 0.0633. The highest BCUT2D eigenvalue weighted by Crippen LogP contribution is 2.40. The van der Waals surface area contributed by atoms with Crippen LogP contribution in [0.5, 0.6) is 5.75 Å². The maximum absolute atomic E-state index is 12.9. The molecule has 1 heterocycles. The summed E-state index contributed by atoms with van der Waals surface area (Å²) in [7, 11) is 2.92. The first-order chi connectivity index (χ1) is 13.0. The summed E-state index contributed by atoms with van der Waals surface area (Å²) in [5.74, 6) is 0.205. The first kappa shape index (κ1) is 18.5. The molecular weight excluding hydrogens is 344 g/mol. The van der Waals surface area contributed by atoms with Crippen LogP contribution in [0.25, 0.3) is 0 Å². The molecule has 2 aromatic carbocycles. The monoisotopic (exact) mass is 366 g/mol. The number of nitrogens with one attached hydrogen (secondary N) is 1. The molecule has 1 aliphatic rings. The van der Waals surface area contributed by atoms with Crippen molar-refractivity contribution in [1.82, 2.24) is 5.32 Å². The number of esters is 1. The second-order valence-electron chi connectivity index (χ2n) is 6.23. The average Bonchev–Trinajstić information content (AvgIpc) is 2.70. The van der Waals surface area contributed by atoms with Crippen LogP contribution in [0.4, 0.5) is 5.69 Å². The Morgan fingerprint density at radius 2 is 1.74 bits per heavy atom. The molecule has 27 heavy (non-hydrogen) atoms. The number of ether oxygens (including phenoxy) is 2. The number of benzene rings is 2. The summed E-state index contributed by atoms with van der Waals surface area (Å²) in [6, 6.07) is 16.5. The number of hydrogen-bond acceptors (Lipinski definition) is 5. The molecule has 140 valence electrons. The predicted octanol–water partition coefficient (Wildman–Crippen LogP) is 2.82. The topological polar surface area (TPSA) is 67.9 Å². The van der Waals surface area contributed by atoms with Gasteiger partial charge in [0.1, 0.15) is 11.8 Å². The van der Waals surface area contributed by atoms with E-state index in [1.807, 2.05) is 54.6 Å². The van der Waals surface area contributed by atoms with Crippen molar-refractivity contribution in [1.29, 1.82) is 0 Å². The van der Waals surface area contributed by atoms with Crippen molar-refractivity contribution in [2.75, 3.05) is 19.1 Å². The smallest absolute Gasteiger partial charge is 0.332 e. The van der Waals surface area contributed by atoms with E-state index in [0.29, 0.717) is 5.70 Å². The molecule has 0 aliphatic carbocycles. The Balaban J connectivity index is 1.89. The molecule has 2 unspecified atom stereocenters. The number of carbonyl (C=O) groups is 2. The standard InChI is InChI=1S/C21H22N2O4/c1-14(13-18(24)27-3)22-19-20(15-7-5-4-6-8-15)23(21(19)25)16-9-11-17(26-2)12-10-16/h4-13,19-20,22H,1-3H3/b14-13+. The summed E-state index contributed by atoms with van der Waals surface area (Å²) in [4.78, 5) is 26.1. The Kier molecular flexibility index (Phi) is 5.45. The van der Waals surface area contributed by atoms with E-state index in [1.165, 1.54) is 13.2 Å². The fraction of sp³-hybridized carbons (Fsp3) is 0.238. The van der Waals surface area contributed by atoms with Gasteiger partial charge in [0.05, 0.1) is 20.3 Å². The summed E-state index contributed by atoms with van der Waals surface area (Å²) in [5, 5.41) is 3.15. The largest absolute Gasteiger partial charge is 0.497 e. The van der Waals surface area contributed by atoms with Crippen LogP contribution in [0.1, 0.15) is 18.5 Å². The molecule has 3 rings (SSSR count). The Morgan fingerprint density at radius 3 is 2.33 bits per heavy atom. The van der Waals surface area contributed by atoms with Crippen molar-refractivity contribution < 1.29 is 19.1 Å². The van der Waals surface area contributed by atoms with Gasteiger partial charge in [0, 0.05) is 17.5 Å². The molecule has 0 saturated carbocycles. The third-order valence-corrected chi connectivity index (χ3v) is 4.51. The van der Waals surface area contributed by atoms with Crippen molar-refractivity contribution in [2.45, 2.75) is 19.0 Å². The van der Waals surface area contributed by atoms with Gasteiger partial charge in [-0.3, -0.25) is 4.79 Å². The van der Waals surface area contributed by atoms with E-state index in [9.17, 15) is 9.59 Å². The lowest BCUT2D eigenvalue weighted by Gasteiger charge is -2.48. The van der Waals surface area contributed by atoms with Crippen LogP contribution in [0.2, 0.25) is 0 Å². The van der Waals surface area contributed by atoms with Gasteiger partial charge in [-0.25, -0.2) is 4.79 Å². The average molecular weight is 366 g/mol. The van der Waals surface area contributed by atoms with Gasteiger partial charge in [-0.1, -0.05) is 30.3 Å². The number of amides is 1. The van der Waals surface area contributed by atoms with Crippen LogP contribution in [0.3, 0.4) is 0 Å². The van der Waals surface area contributed by atoms with Crippen LogP contribution in [-0.4, -0.2) is 32.1 Å². The maximum Gasteiger partial charge on any atom is 0.332 e. The van der Waals surface area contributed by atoms with Gasteiger partial charge in [0.25, 0.3) is 5.91 Å². The molecule has 0 aromatic heterocycles. The summed E-state index contributed by atoms with van der Waals surface area (Å²) in [5.41, 5.74) is 2.38. The van der Waals surface area contributed by atoms with Gasteiger partial charge in [-0.15, -0.1) is 0 Å². The van der Waals surface area contributed by atoms with Gasteiger partial charge in [0.15, 0.2) is 0 Å². The fourth-order valence-electron chi connectivity index (χ4n) is 3.17. The summed E-state index contributed by atoms with van der Waals surface area (Å²) in [6.07, 6.45) is 1.34. The summed E-state index contributed by atoms with van der Waals surface area (Å²) >= 11 is 0. The quantitative estimate of drug-likeness (QED) is 0.484. The van der Waals surface area contributed by atoms with E-state index >= 15 is 0 Å². The van der Waals surface area contributed by atoms with Crippen molar-refractivity contribution in [3.05, 3.63) is 71.9 Å². The lowest BCUT2D eigenvalue weighted by atomic mass is 9.87. The molecule has 2 aromatic rings. The number of hydrogen-bond donors (Lipinski definition) is 1. The zero-order valence-corrected chi connectivity index (χ0v) is 15.5. The van der Waals surface area contributed by atoms with E-state index in [-0.39, 0.29) is 11.9 Å². The highest BCUT2D eigenvalue weighted by molar-refractivity contribution is 6.06. The van der Waals surface area contributed by atoms with Crippen LogP contribution < -0.4 is 15.0 Å². The number of nitrogens with zero attached hydrogens (tertiary/aromatic N) is 1. The molecule has 0 spiro atoms. The first-order valence-corrected chi connectivity index (χ1v) is 8.60. The highest BCUT2D eigenvalue weighted by atomic mass is 16.5. The lowest BCUT2D eigenvalue weighted by Crippen LogP contribution is -2.64. The lowest BCUT2D eigenvalue weighted by molar-refractivity contribution is -0.135. The van der Waals surface area contributed by atoms with Crippen molar-refractivity contribution in [3.63, 3.8) is 0 Å². The molecule has 6 heteroatoms. The number of allylic oxidation sites excluding steroid dienone is 1. The zero-order chi connectivity index (χ0) is 19.4. The zero-order valence-electron chi connectivity index (χ0n) is 15.5. The third kappa shape index (κ3) is 3.79. The second kappa shape index (κ2) is 7.95. The number of rotatable bonds is 6. The molecule has 2 atom stereocenters. The highest BCUT2D eigenvalue weighted by Gasteiger charge is 2.49. The minimum atomic E-state index is -0.463. The number of anilines is 1. The Hall–Kier alpha value is -3.28. The van der Waals surface area contributed by atoms with Crippen LogP contribution in [-0.2, 0) is 14.3 Å². The van der Waals surface area contributed by atoms with E-state index in [0.717, 1.165) is 17.0 Å². The van der Waals surface area contributed by atoms with Crippen LogP contribution >= 0.6 is 0 Å². The Bertz CT molecular complexity index is 846. The molecule has 1 N–H and O–H groups in total. The Morgan fingerprint density at radius 1 is 1.07 bits per heavy atom. The van der Waals surface area contributed by atoms with E-state index in [4.69, 9.17) is 4.74 Å². The summed E-state index contributed by atoms with van der Waals surface area (Å²) in [6.45, 7) is 1.74. The van der Waals surface area contributed by atoms with Gasteiger partial charge < -0.3 is 19.7 Å². The molecule has 1 amide bonds. The third-order valence-electron chi connectivity index (χ3n) is 4.51. The van der Waals surface area contributed by atoms with Crippen molar-refractivity contribution >= 4 is 17.6 Å². The minimum Gasteiger partial charge on any atom is -0.497 e. The first-order valence-electron chi connectivity index (χ1n) is 8.60. The second-order valence-corrected chi connectivity index (χ2v) is 6.23. The molecule has 6 nitrogen and oxygen atoms in total. The van der Waals surface area contributed by atoms with Crippen LogP contribution in [0, 0.1) is 0 Å². The van der Waals surface area contributed by atoms with E-state index in [2.05, 4.69) is 10.1 Å². The molecule has 1 saturated heterocycles. The van der Waals surface area contributed by atoms with Gasteiger partial charge in [-0.2, -0.15) is 0 Å². The fourth-order valence-corrected chi connectivity index (χ4v) is 3.17. The number of β-lactam (4-membered cyclic amide) rings is 1. The number of methoxy groups -OCH3 is 2. The molecule has 1 fully saturated rings. The molecule has 1 aliphatic heterocycles. The molecule has 0 radical (unpaired) electrons. The van der Waals surface area contributed by atoms with Gasteiger partial charge >= 0.3 is 5.97 Å². The number of carbonyl (C=O) groups excluding carboxylic acids is 2.